The number of nitrogens with zero attached hydrogens (tertiary/aromatic N) is 4. The molecule has 3 aromatic rings. The topological polar surface area (TPSA) is 94.5 Å². The molecular weight excluding hydrogens is 472 g/mol. The van der Waals surface area contributed by atoms with Gasteiger partial charge in [0.2, 0.25) is 0 Å². The average molecular weight is 507 g/mol. The Morgan fingerprint density at radius 2 is 1.00 bits per heavy atom. The highest BCUT2D eigenvalue weighted by molar-refractivity contribution is 5.79. The van der Waals surface area contributed by atoms with Gasteiger partial charge >= 0.3 is 0 Å². The van der Waals surface area contributed by atoms with E-state index in [9.17, 15) is 20.7 Å². The Bertz CT molecular complexity index is 1220. The fraction of sp³-hybridized carbons (Fsp3) is 0.250. The summed E-state index contributed by atoms with van der Waals surface area (Å²) in [6.07, 6.45) is 7.57. The summed E-state index contributed by atoms with van der Waals surface area (Å²) in [6, 6.07) is 24.0. The first-order valence-corrected chi connectivity index (χ1v) is 12.8. The van der Waals surface area contributed by atoms with Gasteiger partial charge in [-0.05, 0) is 72.5 Å². The lowest BCUT2D eigenvalue weighted by molar-refractivity contribution is 0.302. The number of likely N-dealkylation sites (N-methyl/N-ethyl adjacent to an activating group) is 2. The Labute approximate surface area is 225 Å². The zero-order valence-electron chi connectivity index (χ0n) is 22.0. The van der Waals surface area contributed by atoms with E-state index in [1.165, 1.54) is 0 Å². The van der Waals surface area contributed by atoms with Gasteiger partial charge in [0, 0.05) is 37.6 Å². The summed E-state index contributed by atoms with van der Waals surface area (Å²) >= 11 is 0. The highest BCUT2D eigenvalue weighted by atomic mass is 16.3. The van der Waals surface area contributed by atoms with Crippen LogP contribution >= 0.6 is 0 Å². The first-order chi connectivity index (χ1) is 18.6. The molecule has 194 valence electrons. The van der Waals surface area contributed by atoms with E-state index in [2.05, 4.69) is 35.8 Å². The van der Waals surface area contributed by atoms with Crippen LogP contribution in [0.5, 0.6) is 0 Å². The second-order valence-electron chi connectivity index (χ2n) is 8.71. The molecule has 0 fully saturated rings. The van der Waals surface area contributed by atoms with E-state index in [1.54, 1.807) is 12.1 Å². The van der Waals surface area contributed by atoms with Crippen molar-refractivity contribution in [3.8, 4) is 12.1 Å². The Balaban J connectivity index is 1.80. The van der Waals surface area contributed by atoms with Gasteiger partial charge in [0.25, 0.3) is 0 Å². The second-order valence-corrected chi connectivity index (χ2v) is 8.71. The molecule has 0 radical (unpaired) electrons. The van der Waals surface area contributed by atoms with Crippen molar-refractivity contribution in [3.63, 3.8) is 0 Å². The number of nitriles is 2. The molecule has 3 rings (SSSR count). The van der Waals surface area contributed by atoms with Crippen LogP contribution in [0.3, 0.4) is 0 Å². The summed E-state index contributed by atoms with van der Waals surface area (Å²) in [4.78, 5) is 4.19. The fourth-order valence-corrected chi connectivity index (χ4v) is 4.25. The molecule has 0 aliphatic heterocycles. The van der Waals surface area contributed by atoms with Crippen molar-refractivity contribution in [2.75, 3.05) is 49.2 Å². The molecule has 0 spiro atoms. The largest absolute Gasteiger partial charge is 0.395 e. The van der Waals surface area contributed by atoms with Gasteiger partial charge in [-0.2, -0.15) is 10.5 Å². The molecule has 0 amide bonds. The van der Waals surface area contributed by atoms with Gasteiger partial charge in [-0.1, -0.05) is 48.6 Å². The summed E-state index contributed by atoms with van der Waals surface area (Å²) in [7, 11) is 0. The highest BCUT2D eigenvalue weighted by Crippen LogP contribution is 2.23. The summed E-state index contributed by atoms with van der Waals surface area (Å²) in [5.74, 6) is 0. The van der Waals surface area contributed by atoms with Crippen molar-refractivity contribution in [1.29, 1.82) is 10.5 Å². The van der Waals surface area contributed by atoms with E-state index in [0.29, 0.717) is 35.3 Å². The van der Waals surface area contributed by atoms with Crippen LogP contribution in [0.15, 0.2) is 60.7 Å². The molecule has 2 N–H and O–H groups in total. The molecular formula is C32H34N4O2. The van der Waals surface area contributed by atoms with Crippen LogP contribution in [0, 0.1) is 22.7 Å². The maximum atomic E-state index is 9.77. The number of anilines is 2. The third-order valence-corrected chi connectivity index (χ3v) is 6.39. The number of hydrogen-bond acceptors (Lipinski definition) is 6. The molecule has 0 atom stereocenters. The normalized spacial score (nSPS) is 11.0. The quantitative estimate of drug-likeness (QED) is 0.319. The lowest BCUT2D eigenvalue weighted by Gasteiger charge is -2.21. The molecule has 0 bridgehead atoms. The molecule has 6 nitrogen and oxygen atoms in total. The predicted octanol–water partition coefficient (Wildman–Crippen LogP) is 5.41. The van der Waals surface area contributed by atoms with Crippen LogP contribution in [0.2, 0.25) is 0 Å². The van der Waals surface area contributed by atoms with Crippen molar-refractivity contribution in [3.05, 3.63) is 94.0 Å². The lowest BCUT2D eigenvalue weighted by atomic mass is 9.97. The zero-order valence-corrected chi connectivity index (χ0v) is 22.0. The van der Waals surface area contributed by atoms with E-state index < -0.39 is 0 Å². The van der Waals surface area contributed by atoms with E-state index in [1.807, 2.05) is 72.8 Å². The minimum Gasteiger partial charge on any atom is -0.395 e. The van der Waals surface area contributed by atoms with Gasteiger partial charge in [0.1, 0.15) is 0 Å². The summed E-state index contributed by atoms with van der Waals surface area (Å²) in [5, 5.41) is 38.0. The Kier molecular flexibility index (Phi) is 10.7. The van der Waals surface area contributed by atoms with Crippen molar-refractivity contribution >= 4 is 35.7 Å². The van der Waals surface area contributed by atoms with E-state index in [0.717, 1.165) is 35.6 Å². The van der Waals surface area contributed by atoms with Gasteiger partial charge in [0.15, 0.2) is 0 Å². The molecule has 0 aliphatic rings. The Hall–Kier alpha value is -4.36. The van der Waals surface area contributed by atoms with Crippen LogP contribution in [-0.4, -0.2) is 49.6 Å². The summed E-state index contributed by atoms with van der Waals surface area (Å²) in [5.41, 5.74) is 6.41. The number of aliphatic hydroxyl groups excluding tert-OH is 2. The van der Waals surface area contributed by atoms with E-state index in [-0.39, 0.29) is 13.2 Å². The van der Waals surface area contributed by atoms with Gasteiger partial charge in [-0.3, -0.25) is 0 Å². The zero-order chi connectivity index (χ0) is 27.3. The lowest BCUT2D eigenvalue weighted by Crippen LogP contribution is -2.25. The third-order valence-electron chi connectivity index (χ3n) is 6.39. The molecule has 38 heavy (non-hydrogen) atoms. The van der Waals surface area contributed by atoms with Crippen LogP contribution in [0.25, 0.3) is 24.3 Å². The van der Waals surface area contributed by atoms with E-state index >= 15 is 0 Å². The van der Waals surface area contributed by atoms with Crippen molar-refractivity contribution < 1.29 is 10.2 Å². The SMILES string of the molecule is CCN(CCO)c1ccc(C=Cc2cc(C#N)c(C=Cc3ccc(N(CC)CCO)cc3)cc2C#N)cc1. The van der Waals surface area contributed by atoms with Gasteiger partial charge < -0.3 is 20.0 Å². The van der Waals surface area contributed by atoms with Crippen molar-refractivity contribution in [1.82, 2.24) is 0 Å². The maximum Gasteiger partial charge on any atom is 0.0998 e. The monoisotopic (exact) mass is 506 g/mol. The van der Waals surface area contributed by atoms with Crippen LogP contribution < -0.4 is 9.80 Å². The molecule has 0 heterocycles. The van der Waals surface area contributed by atoms with Crippen molar-refractivity contribution in [2.45, 2.75) is 13.8 Å². The minimum absolute atomic E-state index is 0.105. The smallest absolute Gasteiger partial charge is 0.0998 e. The minimum atomic E-state index is 0.105. The van der Waals surface area contributed by atoms with Gasteiger partial charge in [-0.15, -0.1) is 0 Å². The molecule has 0 unspecified atom stereocenters. The third kappa shape index (κ3) is 7.33. The standard InChI is InChI=1S/C32H34N4O2/c1-3-35(17-19-37)31-13-7-25(8-14-31)5-11-27-21-30(24-34)28(22-29(27)23-33)12-6-26-9-15-32(16-10-26)36(4-2)18-20-38/h5-16,21-22,37-38H,3-4,17-20H2,1-2H3. The van der Waals surface area contributed by atoms with Gasteiger partial charge in [0.05, 0.1) is 36.5 Å². The molecule has 0 aromatic heterocycles. The molecule has 0 aliphatic carbocycles. The van der Waals surface area contributed by atoms with Crippen LogP contribution in [0.1, 0.15) is 47.2 Å². The maximum absolute atomic E-state index is 9.77. The van der Waals surface area contributed by atoms with Gasteiger partial charge in [-0.25, -0.2) is 0 Å². The first-order valence-electron chi connectivity index (χ1n) is 12.8. The van der Waals surface area contributed by atoms with Crippen molar-refractivity contribution in [2.24, 2.45) is 0 Å². The summed E-state index contributed by atoms with van der Waals surface area (Å²) < 4.78 is 0. The first kappa shape index (κ1) is 28.2. The van der Waals surface area contributed by atoms with E-state index in [4.69, 9.17) is 0 Å². The number of aliphatic hydroxyl groups is 2. The fourth-order valence-electron chi connectivity index (χ4n) is 4.25. The van der Waals surface area contributed by atoms with Crippen LogP contribution in [-0.2, 0) is 0 Å². The molecule has 3 aromatic carbocycles. The summed E-state index contributed by atoms with van der Waals surface area (Å²) in [6.45, 7) is 7.11. The number of rotatable bonds is 12. The Morgan fingerprint density at radius 3 is 1.29 bits per heavy atom. The highest BCUT2D eigenvalue weighted by Gasteiger charge is 2.08. The molecule has 0 saturated heterocycles. The molecule has 0 saturated carbocycles. The second kappa shape index (κ2) is 14.4. The van der Waals surface area contributed by atoms with Crippen LogP contribution in [0.4, 0.5) is 11.4 Å². The predicted molar refractivity (Wildman–Crippen MR) is 157 cm³/mol. The number of benzene rings is 3. The Morgan fingerprint density at radius 1 is 0.632 bits per heavy atom. The number of hydrogen-bond donors (Lipinski definition) is 2. The molecule has 6 heteroatoms. The average Bonchev–Trinajstić information content (AvgIpc) is 2.97.